The molecule has 0 aromatic carbocycles. The first kappa shape index (κ1) is 22.2. The molecule has 4 rings (SSSR count). The Kier molecular flexibility index (Phi) is 6.17. The number of pyridine rings is 1. The van der Waals surface area contributed by atoms with Crippen LogP contribution in [-0.4, -0.2) is 30.2 Å². The van der Waals surface area contributed by atoms with E-state index < -0.39 is 11.2 Å². The minimum Gasteiger partial charge on any atom is -0.503 e. The molecule has 0 atom stereocenters. The Labute approximate surface area is 188 Å². The molecule has 0 amide bonds. The van der Waals surface area contributed by atoms with Crippen LogP contribution in [0.15, 0.2) is 29.3 Å². The van der Waals surface area contributed by atoms with Crippen LogP contribution < -0.4 is 5.43 Å². The molecule has 0 spiro atoms. The van der Waals surface area contributed by atoms with E-state index in [-0.39, 0.29) is 23.4 Å². The van der Waals surface area contributed by atoms with E-state index in [1.165, 1.54) is 11.8 Å². The fourth-order valence-corrected chi connectivity index (χ4v) is 5.00. The quantitative estimate of drug-likeness (QED) is 0.525. The van der Waals surface area contributed by atoms with Crippen molar-refractivity contribution in [1.82, 2.24) is 19.3 Å². The van der Waals surface area contributed by atoms with Crippen molar-refractivity contribution in [1.29, 1.82) is 0 Å². The van der Waals surface area contributed by atoms with Gasteiger partial charge in [-0.1, -0.05) is 33.1 Å². The van der Waals surface area contributed by atoms with Crippen molar-refractivity contribution in [2.24, 2.45) is 0 Å². The molecule has 0 radical (unpaired) electrons. The number of hydrogen-bond acceptors (Lipinski definition) is 5. The van der Waals surface area contributed by atoms with Crippen molar-refractivity contribution in [3.8, 4) is 5.75 Å². The maximum absolute atomic E-state index is 12.4. The molecule has 7 nitrogen and oxygen atoms in total. The zero-order valence-electron chi connectivity index (χ0n) is 19.2. The molecule has 1 saturated carbocycles. The molecule has 3 heterocycles. The van der Waals surface area contributed by atoms with Crippen molar-refractivity contribution in [3.63, 3.8) is 0 Å². The van der Waals surface area contributed by atoms with Crippen molar-refractivity contribution in [2.45, 2.75) is 84.2 Å². The van der Waals surface area contributed by atoms with E-state index in [1.807, 2.05) is 6.92 Å². The first-order valence-electron chi connectivity index (χ1n) is 11.7. The van der Waals surface area contributed by atoms with Crippen LogP contribution in [0.2, 0.25) is 0 Å². The summed E-state index contributed by atoms with van der Waals surface area (Å²) in [4.78, 5) is 29.8. The minimum absolute atomic E-state index is 0.170. The number of rotatable bonds is 8. The molecule has 0 unspecified atom stereocenters. The molecular weight excluding hydrogens is 404 g/mol. The van der Waals surface area contributed by atoms with Gasteiger partial charge in [0.1, 0.15) is 5.65 Å². The number of aryl methyl sites for hydroxylation is 2. The topological polar surface area (TPSA) is 90.0 Å². The molecule has 32 heavy (non-hydrogen) atoms. The summed E-state index contributed by atoms with van der Waals surface area (Å²) in [5.41, 5.74) is 2.10. The number of carbonyl (C=O) groups is 1. The van der Waals surface area contributed by atoms with E-state index in [0.29, 0.717) is 13.0 Å². The van der Waals surface area contributed by atoms with Gasteiger partial charge in [-0.2, -0.15) is 5.10 Å². The number of hydrogen-bond donors (Lipinski definition) is 1. The lowest BCUT2D eigenvalue weighted by molar-refractivity contribution is 0.0971. The number of nitrogens with zero attached hydrogens (tertiary/aromatic N) is 4. The molecule has 0 bridgehead atoms. The van der Waals surface area contributed by atoms with Gasteiger partial charge in [-0.3, -0.25) is 14.3 Å². The van der Waals surface area contributed by atoms with Crippen molar-refractivity contribution < 1.29 is 9.90 Å². The predicted octanol–water partition coefficient (Wildman–Crippen LogP) is 4.51. The monoisotopic (exact) mass is 436 g/mol. The molecule has 7 heteroatoms. The number of fused-ring (bicyclic) bond motifs is 1. The molecular formula is C25H32N4O3. The van der Waals surface area contributed by atoms with Crippen LogP contribution in [0.25, 0.3) is 11.0 Å². The summed E-state index contributed by atoms with van der Waals surface area (Å²) in [5, 5.41) is 15.8. The van der Waals surface area contributed by atoms with Gasteiger partial charge in [0.05, 0.1) is 18.3 Å². The normalized spacial score (nSPS) is 15.5. The lowest BCUT2D eigenvalue weighted by Crippen LogP contribution is -2.37. The smallest absolute Gasteiger partial charge is 0.252 e. The second-order valence-electron chi connectivity index (χ2n) is 9.10. The molecule has 1 fully saturated rings. The number of Topliss-reactive ketones (excluding diaryl/α,β-unsaturated/α-hetero) is 1. The van der Waals surface area contributed by atoms with E-state index in [2.05, 4.69) is 41.8 Å². The van der Waals surface area contributed by atoms with Crippen molar-refractivity contribution in [2.75, 3.05) is 0 Å². The van der Waals surface area contributed by atoms with Gasteiger partial charge in [0, 0.05) is 23.7 Å². The van der Waals surface area contributed by atoms with Gasteiger partial charge in [0.2, 0.25) is 0 Å². The van der Waals surface area contributed by atoms with Gasteiger partial charge in [-0.05, 0) is 50.3 Å². The Morgan fingerprint density at radius 2 is 1.91 bits per heavy atom. The third-order valence-electron chi connectivity index (χ3n) is 6.60. The van der Waals surface area contributed by atoms with Crippen LogP contribution in [-0.2, 0) is 18.5 Å². The summed E-state index contributed by atoms with van der Waals surface area (Å²) in [7, 11) is 0. The molecule has 0 aliphatic heterocycles. The molecule has 3 aromatic heterocycles. The van der Waals surface area contributed by atoms with E-state index in [1.54, 1.807) is 4.68 Å². The average Bonchev–Trinajstić information content (AvgIpc) is 3.36. The summed E-state index contributed by atoms with van der Waals surface area (Å²) >= 11 is 0. The number of ketones is 1. The highest BCUT2D eigenvalue weighted by Crippen LogP contribution is 2.41. The van der Waals surface area contributed by atoms with Gasteiger partial charge in [-0.25, -0.2) is 4.98 Å². The maximum atomic E-state index is 12.4. The van der Waals surface area contributed by atoms with Crippen LogP contribution in [0.1, 0.15) is 80.5 Å². The zero-order chi connectivity index (χ0) is 22.9. The molecule has 1 N–H and O–H groups in total. The van der Waals surface area contributed by atoms with Crippen molar-refractivity contribution in [3.05, 3.63) is 51.7 Å². The predicted molar refractivity (Wildman–Crippen MR) is 124 cm³/mol. The largest absolute Gasteiger partial charge is 0.503 e. The van der Waals surface area contributed by atoms with E-state index >= 15 is 0 Å². The van der Waals surface area contributed by atoms with Crippen LogP contribution in [0.4, 0.5) is 0 Å². The van der Waals surface area contributed by atoms with Gasteiger partial charge in [0.25, 0.3) is 5.43 Å². The van der Waals surface area contributed by atoms with Crippen LogP contribution in [0.3, 0.4) is 0 Å². The Hall–Kier alpha value is -2.96. The SMILES string of the molecule is CCCC(=O)c1nn(CC2(n3cc(C)c4ccc(CCC)nc43)CCCC2)cc(O)c1=O. The Balaban J connectivity index is 1.81. The van der Waals surface area contributed by atoms with Gasteiger partial charge >= 0.3 is 0 Å². The Morgan fingerprint density at radius 1 is 1.16 bits per heavy atom. The number of aromatic nitrogens is 4. The van der Waals surface area contributed by atoms with Gasteiger partial charge < -0.3 is 9.67 Å². The Morgan fingerprint density at radius 3 is 2.59 bits per heavy atom. The highest BCUT2D eigenvalue weighted by Gasteiger charge is 2.38. The van der Waals surface area contributed by atoms with Crippen LogP contribution in [0, 0.1) is 6.92 Å². The van der Waals surface area contributed by atoms with E-state index in [9.17, 15) is 14.7 Å². The van der Waals surface area contributed by atoms with E-state index in [4.69, 9.17) is 4.98 Å². The summed E-state index contributed by atoms with van der Waals surface area (Å²) < 4.78 is 3.87. The number of aromatic hydroxyl groups is 1. The third-order valence-corrected chi connectivity index (χ3v) is 6.60. The lowest BCUT2D eigenvalue weighted by Gasteiger charge is -2.32. The third kappa shape index (κ3) is 3.96. The maximum Gasteiger partial charge on any atom is 0.252 e. The zero-order valence-corrected chi connectivity index (χ0v) is 19.2. The molecule has 0 saturated heterocycles. The second-order valence-corrected chi connectivity index (χ2v) is 9.10. The first-order chi connectivity index (χ1) is 15.4. The summed E-state index contributed by atoms with van der Waals surface area (Å²) in [6.07, 6.45) is 10.4. The molecule has 3 aromatic rings. The minimum atomic E-state index is -0.687. The van der Waals surface area contributed by atoms with Crippen molar-refractivity contribution >= 4 is 16.8 Å². The standard InChI is InChI=1S/C25H32N4O3/c1-4-8-18-10-11-19-17(3)14-29(24(19)26-18)25(12-6-7-13-25)16-28-15-21(31)23(32)22(27-28)20(30)9-5-2/h10-11,14-15,31H,4-9,12-13,16H2,1-3H3. The number of carbonyl (C=O) groups excluding carboxylic acids is 1. The van der Waals surface area contributed by atoms with Crippen LogP contribution >= 0.6 is 0 Å². The van der Waals surface area contributed by atoms with E-state index in [0.717, 1.165) is 55.3 Å². The second kappa shape index (κ2) is 8.88. The van der Waals surface area contributed by atoms with Gasteiger partial charge in [0.15, 0.2) is 17.2 Å². The highest BCUT2D eigenvalue weighted by atomic mass is 16.3. The molecule has 170 valence electrons. The molecule has 1 aliphatic carbocycles. The van der Waals surface area contributed by atoms with Crippen LogP contribution in [0.5, 0.6) is 5.75 Å². The molecule has 1 aliphatic rings. The fourth-order valence-electron chi connectivity index (χ4n) is 5.00. The van der Waals surface area contributed by atoms with Gasteiger partial charge in [-0.15, -0.1) is 0 Å². The Bertz CT molecular complexity index is 1200. The summed E-state index contributed by atoms with van der Waals surface area (Å²) in [6.45, 7) is 6.61. The fraction of sp³-hybridized carbons (Fsp3) is 0.520. The summed E-state index contributed by atoms with van der Waals surface area (Å²) in [5.74, 6) is -0.750. The lowest BCUT2D eigenvalue weighted by atomic mass is 9.97. The summed E-state index contributed by atoms with van der Waals surface area (Å²) in [6, 6.07) is 4.27. The highest BCUT2D eigenvalue weighted by molar-refractivity contribution is 5.94. The first-order valence-corrected chi connectivity index (χ1v) is 11.7. The average molecular weight is 437 g/mol.